The van der Waals surface area contributed by atoms with Gasteiger partial charge in [0.25, 0.3) is 0 Å². The van der Waals surface area contributed by atoms with E-state index in [9.17, 15) is 26.3 Å². The lowest BCUT2D eigenvalue weighted by atomic mass is 10.1. The first-order chi connectivity index (χ1) is 8.64. The summed E-state index contributed by atoms with van der Waals surface area (Å²) >= 11 is 0. The molecule has 8 heteroatoms. The van der Waals surface area contributed by atoms with Crippen molar-refractivity contribution >= 4 is 0 Å². The summed E-state index contributed by atoms with van der Waals surface area (Å²) in [5, 5.41) is 8.18. The zero-order valence-electron chi connectivity index (χ0n) is 9.27. The highest BCUT2D eigenvalue weighted by molar-refractivity contribution is 5.33. The summed E-state index contributed by atoms with van der Waals surface area (Å²) in [7, 11) is 0. The molecule has 1 aromatic rings. The number of hydrogen-bond donors (Lipinski definition) is 0. The van der Waals surface area contributed by atoms with Crippen molar-refractivity contribution in [2.24, 2.45) is 0 Å². The van der Waals surface area contributed by atoms with Gasteiger partial charge < -0.3 is 4.74 Å². The molecular weight excluding hydrogens is 276 g/mol. The van der Waals surface area contributed by atoms with Crippen LogP contribution in [0, 0.1) is 11.3 Å². The minimum absolute atomic E-state index is 0.0355. The van der Waals surface area contributed by atoms with Crippen LogP contribution in [0.15, 0.2) is 18.2 Å². The minimum atomic E-state index is -4.88. The molecule has 0 aliphatic carbocycles. The number of halogens is 6. The molecule has 1 rings (SSSR count). The van der Waals surface area contributed by atoms with E-state index in [-0.39, 0.29) is 11.6 Å². The molecule has 0 N–H and O–H groups in total. The highest BCUT2D eigenvalue weighted by Crippen LogP contribution is 2.36. The Morgan fingerprint density at radius 3 is 1.79 bits per heavy atom. The zero-order valence-corrected chi connectivity index (χ0v) is 9.27. The summed E-state index contributed by atoms with van der Waals surface area (Å²) < 4.78 is 79.4. The Hall–Kier alpha value is -1.75. The van der Waals surface area contributed by atoms with Gasteiger partial charge in [-0.1, -0.05) is 0 Å². The van der Waals surface area contributed by atoms with Crippen molar-refractivity contribution in [2.45, 2.75) is 19.0 Å². The lowest BCUT2D eigenvalue weighted by Gasteiger charge is -2.14. The van der Waals surface area contributed by atoms with E-state index >= 15 is 0 Å². The number of hydrogen-bond acceptors (Lipinski definition) is 2. The van der Waals surface area contributed by atoms with Crippen molar-refractivity contribution in [3.8, 4) is 6.07 Å². The van der Waals surface area contributed by atoms with Gasteiger partial charge in [0.05, 0.1) is 23.8 Å². The quantitative estimate of drug-likeness (QED) is 0.625. The topological polar surface area (TPSA) is 33.0 Å². The maximum Gasteiger partial charge on any atom is 0.416 e. The summed E-state index contributed by atoms with van der Waals surface area (Å²) in [5.41, 5.74) is -3.10. The van der Waals surface area contributed by atoms with Crippen molar-refractivity contribution in [2.75, 3.05) is 6.61 Å². The molecule has 0 aliphatic heterocycles. The predicted octanol–water partition coefficient (Wildman–Crippen LogP) is 3.76. The fourth-order valence-electron chi connectivity index (χ4n) is 1.32. The standard InChI is InChI=1S/C11H7F6NO/c12-10(13,14)8-3-7(6-19-2-1-18)4-9(5-8)11(15,16)17/h3-5H,2,6H2. The van der Waals surface area contributed by atoms with Crippen LogP contribution in [0.2, 0.25) is 0 Å². The summed E-state index contributed by atoms with van der Waals surface area (Å²) in [4.78, 5) is 0. The van der Waals surface area contributed by atoms with E-state index in [1.165, 1.54) is 0 Å². The molecule has 0 fully saturated rings. The van der Waals surface area contributed by atoms with Crippen LogP contribution < -0.4 is 0 Å². The van der Waals surface area contributed by atoms with Crippen molar-refractivity contribution in [1.82, 2.24) is 0 Å². The molecule has 104 valence electrons. The molecular formula is C11H7F6NO. The molecule has 0 heterocycles. The van der Waals surface area contributed by atoms with E-state index in [4.69, 9.17) is 5.26 Å². The first-order valence-corrected chi connectivity index (χ1v) is 4.87. The van der Waals surface area contributed by atoms with Crippen molar-refractivity contribution in [1.29, 1.82) is 5.26 Å². The lowest BCUT2D eigenvalue weighted by molar-refractivity contribution is -0.143. The van der Waals surface area contributed by atoms with Gasteiger partial charge in [-0.25, -0.2) is 0 Å². The van der Waals surface area contributed by atoms with Gasteiger partial charge in [-0.15, -0.1) is 0 Å². The third-order valence-corrected chi connectivity index (χ3v) is 2.08. The Labute approximate surface area is 104 Å². The van der Waals surface area contributed by atoms with Gasteiger partial charge in [-0.05, 0) is 23.8 Å². The SMILES string of the molecule is N#CCOCc1cc(C(F)(F)F)cc(C(F)(F)F)c1. The second kappa shape index (κ2) is 5.48. The third-order valence-electron chi connectivity index (χ3n) is 2.08. The molecule has 2 nitrogen and oxygen atoms in total. The molecule has 0 radical (unpaired) electrons. The molecule has 0 saturated heterocycles. The Morgan fingerprint density at radius 1 is 0.947 bits per heavy atom. The molecule has 0 bridgehead atoms. The van der Waals surface area contributed by atoms with Crippen molar-refractivity contribution < 1.29 is 31.1 Å². The second-order valence-corrected chi connectivity index (χ2v) is 3.57. The van der Waals surface area contributed by atoms with E-state index in [1.54, 1.807) is 6.07 Å². The monoisotopic (exact) mass is 283 g/mol. The molecule has 19 heavy (non-hydrogen) atoms. The zero-order chi connectivity index (χ0) is 14.7. The fourth-order valence-corrected chi connectivity index (χ4v) is 1.32. The number of rotatable bonds is 3. The van der Waals surface area contributed by atoms with Crippen LogP contribution in [0.5, 0.6) is 0 Å². The van der Waals surface area contributed by atoms with Crippen LogP contribution in [0.1, 0.15) is 16.7 Å². The Bertz CT molecular complexity index is 453. The van der Waals surface area contributed by atoms with Crippen molar-refractivity contribution in [3.05, 3.63) is 34.9 Å². The van der Waals surface area contributed by atoms with Crippen LogP contribution in [-0.2, 0) is 23.7 Å². The van der Waals surface area contributed by atoms with Gasteiger partial charge >= 0.3 is 12.4 Å². The number of alkyl halides is 6. The molecule has 0 aliphatic rings. The summed E-state index contributed by atoms with van der Waals surface area (Å²) in [6.07, 6.45) is -9.77. The number of nitrogens with zero attached hydrogens (tertiary/aromatic N) is 1. The first-order valence-electron chi connectivity index (χ1n) is 4.87. The van der Waals surface area contributed by atoms with Gasteiger partial charge in [0.1, 0.15) is 6.61 Å². The number of nitriles is 1. The molecule has 0 saturated carbocycles. The van der Waals surface area contributed by atoms with E-state index in [1.807, 2.05) is 0 Å². The maximum absolute atomic E-state index is 12.5. The van der Waals surface area contributed by atoms with Crippen LogP contribution in [0.25, 0.3) is 0 Å². The number of ether oxygens (including phenoxy) is 1. The summed E-state index contributed by atoms with van der Waals surface area (Å²) in [6.45, 7) is -0.918. The Morgan fingerprint density at radius 2 is 1.42 bits per heavy atom. The van der Waals surface area contributed by atoms with Crippen molar-refractivity contribution in [3.63, 3.8) is 0 Å². The minimum Gasteiger partial charge on any atom is -0.362 e. The second-order valence-electron chi connectivity index (χ2n) is 3.57. The molecule has 1 aromatic carbocycles. The smallest absolute Gasteiger partial charge is 0.362 e. The van der Waals surface area contributed by atoms with Gasteiger partial charge in [0, 0.05) is 0 Å². The van der Waals surface area contributed by atoms with E-state index in [0.717, 1.165) is 0 Å². The van der Waals surface area contributed by atoms with Gasteiger partial charge in [-0.2, -0.15) is 31.6 Å². The maximum atomic E-state index is 12.5. The molecule has 0 atom stereocenters. The van der Waals surface area contributed by atoms with E-state index in [2.05, 4.69) is 4.74 Å². The highest BCUT2D eigenvalue weighted by atomic mass is 19.4. The molecule has 0 unspecified atom stereocenters. The van der Waals surface area contributed by atoms with Gasteiger partial charge in [0.2, 0.25) is 0 Å². The predicted molar refractivity (Wildman–Crippen MR) is 51.7 cm³/mol. The van der Waals surface area contributed by atoms with Crippen LogP contribution in [-0.4, -0.2) is 6.61 Å². The third kappa shape index (κ3) is 4.44. The Balaban J connectivity index is 3.14. The fraction of sp³-hybridized carbons (Fsp3) is 0.364. The molecule has 0 amide bonds. The van der Waals surface area contributed by atoms with Gasteiger partial charge in [-0.3, -0.25) is 0 Å². The number of benzene rings is 1. The lowest BCUT2D eigenvalue weighted by Crippen LogP contribution is -2.12. The largest absolute Gasteiger partial charge is 0.416 e. The summed E-state index contributed by atoms with van der Waals surface area (Å²) in [6, 6.07) is 2.72. The normalized spacial score (nSPS) is 12.3. The molecule has 0 aromatic heterocycles. The van der Waals surface area contributed by atoms with E-state index in [0.29, 0.717) is 12.1 Å². The Kier molecular flexibility index (Phi) is 4.42. The average molecular weight is 283 g/mol. The van der Waals surface area contributed by atoms with Crippen LogP contribution in [0.3, 0.4) is 0 Å². The highest BCUT2D eigenvalue weighted by Gasteiger charge is 2.36. The first kappa shape index (κ1) is 15.3. The van der Waals surface area contributed by atoms with E-state index < -0.39 is 36.7 Å². The summed E-state index contributed by atoms with van der Waals surface area (Å²) in [5.74, 6) is 0. The van der Waals surface area contributed by atoms with Gasteiger partial charge in [0.15, 0.2) is 0 Å². The average Bonchev–Trinajstić information content (AvgIpc) is 2.27. The van der Waals surface area contributed by atoms with Crippen LogP contribution in [0.4, 0.5) is 26.3 Å². The van der Waals surface area contributed by atoms with Crippen LogP contribution >= 0.6 is 0 Å². The molecule has 0 spiro atoms.